The van der Waals surface area contributed by atoms with Crippen LogP contribution in [0.1, 0.15) is 342 Å². The Kier molecular flexibility index (Phi) is 67.2. The minimum atomic E-state index is -0.791. The van der Waals surface area contributed by atoms with E-state index in [9.17, 15) is 14.4 Å². The number of ether oxygens (including phenoxy) is 3. The van der Waals surface area contributed by atoms with Crippen LogP contribution in [0.2, 0.25) is 0 Å². The summed E-state index contributed by atoms with van der Waals surface area (Å²) in [6.45, 7) is 6.51. The Labute approximate surface area is 514 Å². The number of unbranched alkanes of at least 4 members (excludes halogenated alkanes) is 35. The lowest BCUT2D eigenvalue weighted by atomic mass is 10.0. The van der Waals surface area contributed by atoms with Crippen LogP contribution in [0.25, 0.3) is 0 Å². The van der Waals surface area contributed by atoms with Crippen LogP contribution < -0.4 is 0 Å². The van der Waals surface area contributed by atoms with E-state index in [-0.39, 0.29) is 31.1 Å². The van der Waals surface area contributed by atoms with Crippen molar-refractivity contribution in [1.82, 2.24) is 0 Å². The summed E-state index contributed by atoms with van der Waals surface area (Å²) in [5, 5.41) is 0. The predicted octanol–water partition coefficient (Wildman–Crippen LogP) is 24.6. The minimum Gasteiger partial charge on any atom is -0.462 e. The second kappa shape index (κ2) is 70.6. The van der Waals surface area contributed by atoms with Gasteiger partial charge in [0, 0.05) is 19.3 Å². The Balaban J connectivity index is 4.34. The fourth-order valence-electron chi connectivity index (χ4n) is 9.94. The van der Waals surface area contributed by atoms with Gasteiger partial charge in [0.15, 0.2) is 6.10 Å². The fourth-order valence-corrected chi connectivity index (χ4v) is 9.94. The molecule has 0 aliphatic rings. The molecule has 0 saturated carbocycles. The normalized spacial score (nSPS) is 12.8. The molecule has 0 aromatic rings. The van der Waals surface area contributed by atoms with E-state index in [1.54, 1.807) is 0 Å². The van der Waals surface area contributed by atoms with Gasteiger partial charge in [-0.25, -0.2) is 0 Å². The Morgan fingerprint density at radius 1 is 0.253 bits per heavy atom. The summed E-state index contributed by atoms with van der Waals surface area (Å²) in [6, 6.07) is 0. The number of rotatable bonds is 64. The molecule has 6 nitrogen and oxygen atoms in total. The van der Waals surface area contributed by atoms with Crippen molar-refractivity contribution < 1.29 is 28.6 Å². The topological polar surface area (TPSA) is 78.9 Å². The van der Waals surface area contributed by atoms with Crippen LogP contribution in [0.15, 0.2) is 109 Å². The highest BCUT2D eigenvalue weighted by Crippen LogP contribution is 2.17. The monoisotopic (exact) mass is 1150 g/mol. The SMILES string of the molecule is CC/C=C\C/C=C\C/C=C\C/C=C\CCCCCCCCCCCCCCCCC(=O)OCC(COC(=O)CCCCCCC/C=C\C/C=C\CCCCC)OC(=O)CCCCCCCCCC/C=C\C/C=C\C/C=C\CCCCCCC. The van der Waals surface area contributed by atoms with Crippen LogP contribution in [0.4, 0.5) is 0 Å². The smallest absolute Gasteiger partial charge is 0.306 e. The minimum absolute atomic E-state index is 0.0850. The van der Waals surface area contributed by atoms with Gasteiger partial charge in [0.1, 0.15) is 13.2 Å². The van der Waals surface area contributed by atoms with Crippen LogP contribution >= 0.6 is 0 Å². The maximum absolute atomic E-state index is 13.0. The number of carbonyl (C=O) groups is 3. The third-order valence-electron chi connectivity index (χ3n) is 15.2. The van der Waals surface area contributed by atoms with Crippen LogP contribution in [-0.2, 0) is 28.6 Å². The first-order valence-electron chi connectivity index (χ1n) is 35.4. The molecule has 0 rings (SSSR count). The molecule has 0 N–H and O–H groups in total. The van der Waals surface area contributed by atoms with E-state index < -0.39 is 6.10 Å². The highest BCUT2D eigenvalue weighted by atomic mass is 16.6. The van der Waals surface area contributed by atoms with Gasteiger partial charge in [-0.05, 0) is 128 Å². The van der Waals surface area contributed by atoms with Crippen LogP contribution in [0.5, 0.6) is 0 Å². The highest BCUT2D eigenvalue weighted by Gasteiger charge is 2.19. The summed E-state index contributed by atoms with van der Waals surface area (Å²) >= 11 is 0. The lowest BCUT2D eigenvalue weighted by molar-refractivity contribution is -0.167. The van der Waals surface area contributed by atoms with Gasteiger partial charge in [-0.1, -0.05) is 304 Å². The summed E-state index contributed by atoms with van der Waals surface area (Å²) in [6.07, 6.45) is 96.8. The molecule has 0 amide bonds. The molecule has 0 aromatic carbocycles. The first-order valence-corrected chi connectivity index (χ1v) is 35.4. The average Bonchev–Trinajstić information content (AvgIpc) is 3.49. The second-order valence-electron chi connectivity index (χ2n) is 23.4. The Morgan fingerprint density at radius 3 is 0.759 bits per heavy atom. The van der Waals surface area contributed by atoms with Crippen LogP contribution in [-0.4, -0.2) is 37.2 Å². The van der Waals surface area contributed by atoms with Crippen molar-refractivity contribution in [2.45, 2.75) is 348 Å². The molecule has 0 spiro atoms. The molecule has 0 aliphatic carbocycles. The first kappa shape index (κ1) is 79.1. The van der Waals surface area contributed by atoms with Gasteiger partial charge in [0.2, 0.25) is 0 Å². The van der Waals surface area contributed by atoms with E-state index in [2.05, 4.69) is 130 Å². The Hall–Kier alpha value is -3.93. The Bertz CT molecular complexity index is 1660. The summed E-state index contributed by atoms with van der Waals surface area (Å²) in [5.41, 5.74) is 0. The molecule has 83 heavy (non-hydrogen) atoms. The molecule has 0 aliphatic heterocycles. The number of hydrogen-bond donors (Lipinski definition) is 0. The molecular formula is C77H132O6. The summed E-state index contributed by atoms with van der Waals surface area (Å²) < 4.78 is 17.0. The van der Waals surface area contributed by atoms with Crippen molar-refractivity contribution in [3.8, 4) is 0 Å². The largest absolute Gasteiger partial charge is 0.462 e. The van der Waals surface area contributed by atoms with Gasteiger partial charge in [-0.3, -0.25) is 14.4 Å². The maximum Gasteiger partial charge on any atom is 0.306 e. The summed E-state index contributed by atoms with van der Waals surface area (Å²) in [7, 11) is 0. The lowest BCUT2D eigenvalue weighted by Gasteiger charge is -2.18. The summed E-state index contributed by atoms with van der Waals surface area (Å²) in [4.78, 5) is 38.5. The van der Waals surface area contributed by atoms with E-state index in [0.717, 1.165) is 122 Å². The zero-order valence-electron chi connectivity index (χ0n) is 54.7. The molecular weight excluding hydrogens is 1020 g/mol. The summed E-state index contributed by atoms with van der Waals surface area (Å²) in [5.74, 6) is -0.894. The van der Waals surface area contributed by atoms with Crippen molar-refractivity contribution in [2.75, 3.05) is 13.2 Å². The molecule has 1 unspecified atom stereocenters. The standard InChI is InChI=1S/C77H132O6/c1-4-7-10-13-16-19-22-25-28-30-32-34-36-37-38-39-41-42-44-46-49-52-55-58-61-64-67-70-76(79)82-73-74(72-81-75(78)69-66-63-60-57-54-51-48-27-24-21-18-15-12-9-6-3)83-77(80)71-68-65-62-59-56-53-50-47-45-43-40-35-33-31-29-26-23-20-17-14-11-8-5-2/h7,10,16,18-19,21,23,25-28,31-34,40,43,48,74H,4-6,8-9,11-15,17,20,22,24,29-30,35-39,41-42,44-47,49-73H2,1-3H3/b10-7-,19-16-,21-18-,26-23-,28-25-,33-31-,34-32-,43-40-,48-27-. The molecule has 0 aromatic heterocycles. The van der Waals surface area contributed by atoms with E-state index in [1.807, 2.05) is 0 Å². The Morgan fingerprint density at radius 2 is 0.470 bits per heavy atom. The van der Waals surface area contributed by atoms with Crippen LogP contribution in [0, 0.1) is 0 Å². The molecule has 476 valence electrons. The molecule has 1 atom stereocenters. The van der Waals surface area contributed by atoms with E-state index in [1.165, 1.54) is 180 Å². The van der Waals surface area contributed by atoms with Gasteiger partial charge in [0.25, 0.3) is 0 Å². The van der Waals surface area contributed by atoms with Crippen molar-refractivity contribution in [3.05, 3.63) is 109 Å². The molecule has 6 heteroatoms. The van der Waals surface area contributed by atoms with Gasteiger partial charge in [-0.2, -0.15) is 0 Å². The molecule has 0 heterocycles. The first-order chi connectivity index (χ1) is 41.0. The van der Waals surface area contributed by atoms with Crippen molar-refractivity contribution in [1.29, 1.82) is 0 Å². The van der Waals surface area contributed by atoms with Crippen molar-refractivity contribution in [2.24, 2.45) is 0 Å². The number of hydrogen-bond acceptors (Lipinski definition) is 6. The molecule has 0 radical (unpaired) electrons. The highest BCUT2D eigenvalue weighted by molar-refractivity contribution is 5.71. The zero-order valence-corrected chi connectivity index (χ0v) is 54.7. The van der Waals surface area contributed by atoms with Crippen molar-refractivity contribution in [3.63, 3.8) is 0 Å². The number of esters is 3. The third-order valence-corrected chi connectivity index (χ3v) is 15.2. The third kappa shape index (κ3) is 68.7. The molecule has 0 fully saturated rings. The second-order valence-corrected chi connectivity index (χ2v) is 23.4. The van der Waals surface area contributed by atoms with Crippen molar-refractivity contribution >= 4 is 17.9 Å². The van der Waals surface area contributed by atoms with E-state index in [4.69, 9.17) is 14.2 Å². The number of carbonyl (C=O) groups excluding carboxylic acids is 3. The van der Waals surface area contributed by atoms with Gasteiger partial charge in [-0.15, -0.1) is 0 Å². The number of allylic oxidation sites excluding steroid dienone is 18. The van der Waals surface area contributed by atoms with Crippen LogP contribution in [0.3, 0.4) is 0 Å². The van der Waals surface area contributed by atoms with Gasteiger partial charge in [0.05, 0.1) is 0 Å². The molecule has 0 bridgehead atoms. The lowest BCUT2D eigenvalue weighted by Crippen LogP contribution is -2.30. The van der Waals surface area contributed by atoms with E-state index in [0.29, 0.717) is 19.3 Å². The van der Waals surface area contributed by atoms with Gasteiger partial charge < -0.3 is 14.2 Å². The zero-order chi connectivity index (χ0) is 59.9. The van der Waals surface area contributed by atoms with Gasteiger partial charge >= 0.3 is 17.9 Å². The molecule has 0 saturated heterocycles. The van der Waals surface area contributed by atoms with E-state index >= 15 is 0 Å². The predicted molar refractivity (Wildman–Crippen MR) is 362 cm³/mol. The average molecular weight is 1150 g/mol. The quantitative estimate of drug-likeness (QED) is 0.0261. The maximum atomic E-state index is 13.0. The fraction of sp³-hybridized carbons (Fsp3) is 0.727.